The van der Waals surface area contributed by atoms with E-state index >= 15 is 0 Å². The molecule has 0 nitrogen and oxygen atoms in total. The topological polar surface area (TPSA) is 0 Å². The summed E-state index contributed by atoms with van der Waals surface area (Å²) in [6.45, 7) is 10.2. The van der Waals surface area contributed by atoms with Gasteiger partial charge in [-0.15, -0.1) is 0 Å². The first-order valence-electron chi connectivity index (χ1n) is 11.1. The molecule has 0 aromatic rings. The maximum Gasteiger partial charge on any atom is -1.00 e. The number of hydrogen-bond acceptors (Lipinski definition) is 0. The zero-order valence-electron chi connectivity index (χ0n) is 18.0. The Labute approximate surface area is 193 Å². The van der Waals surface area contributed by atoms with Gasteiger partial charge in [-0.25, -0.2) is 0 Å². The van der Waals surface area contributed by atoms with E-state index in [0.717, 1.165) is 27.3 Å². The van der Waals surface area contributed by atoms with Crippen LogP contribution in [-0.4, -0.2) is 5.49 Å². The van der Waals surface area contributed by atoms with E-state index in [2.05, 4.69) is 60.7 Å². The third kappa shape index (κ3) is 4.32. The van der Waals surface area contributed by atoms with Gasteiger partial charge in [0.15, 0.2) is 0 Å². The van der Waals surface area contributed by atoms with Crippen LogP contribution in [-0.2, 0) is 20.1 Å². The average Bonchev–Trinajstić information content (AvgIpc) is 3.22. The minimum absolute atomic E-state index is 0. The van der Waals surface area contributed by atoms with Crippen LogP contribution in [0, 0.1) is 23.7 Å². The molecule has 0 amide bonds. The summed E-state index contributed by atoms with van der Waals surface area (Å²) < 4.78 is 3.22. The smallest absolute Gasteiger partial charge is 1.00 e. The Morgan fingerprint density at radius 1 is 0.929 bits per heavy atom. The fourth-order valence-electron chi connectivity index (χ4n) is 6.81. The van der Waals surface area contributed by atoms with E-state index in [1.54, 1.807) is 12.0 Å². The summed E-state index contributed by atoms with van der Waals surface area (Å²) in [4.78, 5) is 0. The summed E-state index contributed by atoms with van der Waals surface area (Å²) in [7, 11) is 0. The maximum absolute atomic E-state index is 2.70. The van der Waals surface area contributed by atoms with Gasteiger partial charge in [0.25, 0.3) is 0 Å². The van der Waals surface area contributed by atoms with Gasteiger partial charge in [0.05, 0.1) is 0 Å². The Balaban J connectivity index is 0.00000140. The van der Waals surface area contributed by atoms with Crippen LogP contribution in [0.4, 0.5) is 0 Å². The first-order valence-corrected chi connectivity index (χ1v) is 22.9. The van der Waals surface area contributed by atoms with Crippen LogP contribution in [0.3, 0.4) is 0 Å². The summed E-state index contributed by atoms with van der Waals surface area (Å²) in [6, 6.07) is 0. The molecule has 28 heavy (non-hydrogen) atoms. The SMILES string of the molecule is CCC1=CC[C]([Hf+2]([CH]2C3C=CC=CC3C3CCCCC32)=[Si](C)C)=C1CC.[Cl-].[Cl-]. The van der Waals surface area contributed by atoms with Gasteiger partial charge in [-0.3, -0.25) is 0 Å². The van der Waals surface area contributed by atoms with Crippen LogP contribution >= 0.6 is 0 Å². The molecule has 4 heteroatoms. The molecule has 4 aliphatic rings. The monoisotopic (exact) mass is 602 g/mol. The van der Waals surface area contributed by atoms with Crippen LogP contribution in [0.25, 0.3) is 0 Å². The fourth-order valence-corrected chi connectivity index (χ4v) is 37.8. The molecule has 2 saturated carbocycles. The molecule has 0 aromatic heterocycles. The summed E-state index contributed by atoms with van der Waals surface area (Å²) in [6.07, 6.45) is 22.7. The second kappa shape index (κ2) is 10.8. The molecule has 0 bridgehead atoms. The molecule has 0 aliphatic heterocycles. The van der Waals surface area contributed by atoms with E-state index < -0.39 is 20.1 Å². The molecule has 0 N–H and O–H groups in total. The third-order valence-electron chi connectivity index (χ3n) is 7.70. The molecule has 0 spiro atoms. The predicted molar refractivity (Wildman–Crippen MR) is 112 cm³/mol. The molecule has 4 aliphatic carbocycles. The van der Waals surface area contributed by atoms with E-state index in [-0.39, 0.29) is 30.3 Å². The van der Waals surface area contributed by atoms with Crippen molar-refractivity contribution in [2.24, 2.45) is 23.7 Å². The van der Waals surface area contributed by atoms with Crippen molar-refractivity contribution in [3.8, 4) is 0 Å². The molecule has 0 heterocycles. The number of hydrogen-bond donors (Lipinski definition) is 0. The van der Waals surface area contributed by atoms with Gasteiger partial charge in [0, 0.05) is 0 Å². The van der Waals surface area contributed by atoms with Gasteiger partial charge in [0.1, 0.15) is 0 Å². The van der Waals surface area contributed by atoms with Gasteiger partial charge >= 0.3 is 170 Å². The Kier molecular flexibility index (Phi) is 9.58. The normalized spacial score (nSPS) is 32.5. The standard InChI is InChI=1S/C13H17.C9H13.C2H6Si.2ClH.Hf/c1-3-7-12-10(5-1)9-11-6-2-4-8-13(11)12;1-3-8-6-5-7-9(8)4-2;1-3-2;;;/h1,3,5,7,9-13H,2,4,6,8H2;6H,3-5H2,1-2H3;1-2H3;2*1H;/q;;;;;+2/p-2. The molecule has 0 radical (unpaired) electrons. The Morgan fingerprint density at radius 2 is 1.57 bits per heavy atom. The zero-order valence-corrected chi connectivity index (χ0v) is 24.1. The molecule has 5 unspecified atom stereocenters. The van der Waals surface area contributed by atoms with Crippen LogP contribution in [0.5, 0.6) is 0 Å². The molecule has 4 rings (SSSR count). The minimum Gasteiger partial charge on any atom is -1.00 e. The predicted octanol–water partition coefficient (Wildman–Crippen LogP) is 1.23. The fraction of sp³-hybridized carbons (Fsp3) is 0.667. The van der Waals surface area contributed by atoms with Crippen molar-refractivity contribution in [3.63, 3.8) is 0 Å². The maximum atomic E-state index is 2.70. The molecule has 154 valence electrons. The second-order valence-corrected chi connectivity index (χ2v) is 33.8. The van der Waals surface area contributed by atoms with E-state index in [1.807, 2.05) is 5.57 Å². The minimum atomic E-state index is -1.83. The number of allylic oxidation sites excluding steroid dienone is 8. The van der Waals surface area contributed by atoms with Crippen molar-refractivity contribution >= 4 is 5.49 Å². The third-order valence-corrected chi connectivity index (χ3v) is 35.1. The Hall–Kier alpha value is 0.627. The van der Waals surface area contributed by atoms with Gasteiger partial charge in [-0.05, 0) is 0 Å². The van der Waals surface area contributed by atoms with Crippen molar-refractivity contribution in [1.82, 2.24) is 0 Å². The van der Waals surface area contributed by atoms with Gasteiger partial charge in [-0.2, -0.15) is 0 Å². The van der Waals surface area contributed by atoms with Crippen LogP contribution < -0.4 is 24.8 Å². The van der Waals surface area contributed by atoms with Crippen LogP contribution in [0.15, 0.2) is 44.9 Å². The van der Waals surface area contributed by atoms with Crippen molar-refractivity contribution in [3.05, 3.63) is 44.9 Å². The number of halogens is 2. The van der Waals surface area contributed by atoms with E-state index in [4.69, 9.17) is 0 Å². The Bertz CT molecular complexity index is 727. The van der Waals surface area contributed by atoms with E-state index in [0.29, 0.717) is 0 Å². The second-order valence-electron chi connectivity index (χ2n) is 9.07. The molecular weight excluding hydrogens is 566 g/mol. The Morgan fingerprint density at radius 3 is 2.18 bits per heavy atom. The quantitative estimate of drug-likeness (QED) is 0.426. The zero-order chi connectivity index (χ0) is 18.3. The van der Waals surface area contributed by atoms with Crippen LogP contribution in [0.1, 0.15) is 58.8 Å². The van der Waals surface area contributed by atoms with E-state index in [1.165, 1.54) is 38.5 Å². The van der Waals surface area contributed by atoms with Crippen molar-refractivity contribution in [2.45, 2.75) is 75.6 Å². The van der Waals surface area contributed by atoms with Crippen molar-refractivity contribution in [1.29, 1.82) is 0 Å². The average molecular weight is 602 g/mol. The van der Waals surface area contributed by atoms with Crippen molar-refractivity contribution in [2.75, 3.05) is 0 Å². The van der Waals surface area contributed by atoms with Gasteiger partial charge in [0.2, 0.25) is 0 Å². The van der Waals surface area contributed by atoms with Crippen LogP contribution in [0.2, 0.25) is 16.8 Å². The number of rotatable bonds is 4. The molecule has 0 saturated heterocycles. The summed E-state index contributed by atoms with van der Waals surface area (Å²) in [5, 5.41) is 0. The first-order chi connectivity index (χ1) is 12.7. The van der Waals surface area contributed by atoms with Gasteiger partial charge < -0.3 is 24.8 Å². The van der Waals surface area contributed by atoms with E-state index in [9.17, 15) is 0 Å². The van der Waals surface area contributed by atoms with Crippen molar-refractivity contribution < 1.29 is 44.9 Å². The molecule has 5 atom stereocenters. The van der Waals surface area contributed by atoms with Gasteiger partial charge in [-0.1, -0.05) is 0 Å². The largest absolute Gasteiger partial charge is 1.00 e. The summed E-state index contributed by atoms with van der Waals surface area (Å²) >= 11 is -1.83. The first kappa shape index (κ1) is 24.9. The summed E-state index contributed by atoms with van der Waals surface area (Å²) in [5.41, 5.74) is 3.43. The number of fused-ring (bicyclic) bond motifs is 3. The molecular formula is C24H36Cl2HfSi. The molecule has 0 aromatic carbocycles. The summed E-state index contributed by atoms with van der Waals surface area (Å²) in [5.74, 6) is 3.89. The molecule has 2 fully saturated rings.